The van der Waals surface area contributed by atoms with Crippen LogP contribution in [-0.4, -0.2) is 9.97 Å². The minimum Gasteiger partial charge on any atom is -0.337 e. The molecule has 0 spiro atoms. The number of H-pyrrole nitrogens is 1. The van der Waals surface area contributed by atoms with Crippen LogP contribution in [0.1, 0.15) is 0 Å². The zero-order valence-corrected chi connectivity index (χ0v) is 15.6. The van der Waals surface area contributed by atoms with Crippen LogP contribution in [0.2, 0.25) is 5.02 Å². The Morgan fingerprint density at radius 2 is 1.48 bits per heavy atom. The Morgan fingerprint density at radius 3 is 2.20 bits per heavy atom. The lowest BCUT2D eigenvalue weighted by molar-refractivity contribution is 1.31. The van der Waals surface area contributed by atoms with Gasteiger partial charge in [0.1, 0.15) is 5.82 Å². The summed E-state index contributed by atoms with van der Waals surface area (Å²) in [4.78, 5) is 8.34. The van der Waals surface area contributed by atoms with Gasteiger partial charge in [0, 0.05) is 26.2 Å². The standard InChI is InChI=1S/C21H14BrClN2/c22-17-11-9-15(10-12-17)20-19(14-5-2-1-3-6-14)24-21(25-20)16-7-4-8-18(23)13-16/h1-13H,(H,24,25). The molecule has 4 aromatic rings. The molecular formula is C21H14BrClN2. The van der Waals surface area contributed by atoms with Crippen LogP contribution in [0.4, 0.5) is 0 Å². The summed E-state index contributed by atoms with van der Waals surface area (Å²) in [6, 6.07) is 26.1. The number of aromatic nitrogens is 2. The van der Waals surface area contributed by atoms with Crippen LogP contribution in [-0.2, 0) is 0 Å². The summed E-state index contributed by atoms with van der Waals surface area (Å²) >= 11 is 9.64. The number of nitrogens with one attached hydrogen (secondary N) is 1. The summed E-state index contributed by atoms with van der Waals surface area (Å²) in [5, 5.41) is 0.695. The first-order valence-corrected chi connectivity index (χ1v) is 9.05. The molecular weight excluding hydrogens is 396 g/mol. The molecule has 2 nitrogen and oxygen atoms in total. The second-order valence-electron chi connectivity index (χ2n) is 5.69. The predicted octanol–water partition coefficient (Wildman–Crippen LogP) is 6.83. The molecule has 0 saturated carbocycles. The topological polar surface area (TPSA) is 28.7 Å². The molecule has 0 bridgehead atoms. The molecule has 1 N–H and O–H groups in total. The molecule has 25 heavy (non-hydrogen) atoms. The summed E-state index contributed by atoms with van der Waals surface area (Å²) in [5.74, 6) is 0.805. The van der Waals surface area contributed by atoms with Gasteiger partial charge in [-0.05, 0) is 24.3 Å². The van der Waals surface area contributed by atoms with E-state index >= 15 is 0 Å². The van der Waals surface area contributed by atoms with Crippen molar-refractivity contribution in [1.82, 2.24) is 9.97 Å². The lowest BCUT2D eigenvalue weighted by Gasteiger charge is -2.03. The molecule has 4 heteroatoms. The number of halogens is 2. The first-order chi connectivity index (χ1) is 12.2. The monoisotopic (exact) mass is 408 g/mol. The number of aromatic amines is 1. The molecule has 0 amide bonds. The van der Waals surface area contributed by atoms with Crippen LogP contribution in [0.5, 0.6) is 0 Å². The van der Waals surface area contributed by atoms with Gasteiger partial charge < -0.3 is 4.98 Å². The number of rotatable bonds is 3. The Hall–Kier alpha value is -2.36. The van der Waals surface area contributed by atoms with Gasteiger partial charge in [-0.1, -0.05) is 82.1 Å². The van der Waals surface area contributed by atoms with E-state index in [2.05, 4.69) is 45.2 Å². The molecule has 0 radical (unpaired) electrons. The maximum atomic E-state index is 6.15. The number of nitrogens with zero attached hydrogens (tertiary/aromatic N) is 1. The maximum Gasteiger partial charge on any atom is 0.138 e. The molecule has 1 aromatic heterocycles. The molecule has 122 valence electrons. The number of hydrogen-bond acceptors (Lipinski definition) is 1. The second-order valence-corrected chi connectivity index (χ2v) is 7.04. The second kappa shape index (κ2) is 6.87. The molecule has 0 aliphatic rings. The molecule has 0 unspecified atom stereocenters. The van der Waals surface area contributed by atoms with E-state index < -0.39 is 0 Å². The highest BCUT2D eigenvalue weighted by atomic mass is 79.9. The first kappa shape index (κ1) is 16.1. The third kappa shape index (κ3) is 3.39. The first-order valence-electron chi connectivity index (χ1n) is 7.88. The summed E-state index contributed by atoms with van der Waals surface area (Å²) in [6.07, 6.45) is 0. The fourth-order valence-electron chi connectivity index (χ4n) is 2.78. The third-order valence-electron chi connectivity index (χ3n) is 3.98. The van der Waals surface area contributed by atoms with E-state index in [1.165, 1.54) is 0 Å². The van der Waals surface area contributed by atoms with E-state index in [-0.39, 0.29) is 0 Å². The van der Waals surface area contributed by atoms with Crippen LogP contribution in [0.3, 0.4) is 0 Å². The quantitative estimate of drug-likeness (QED) is 0.395. The zero-order chi connectivity index (χ0) is 17.2. The molecule has 0 saturated heterocycles. The average molecular weight is 410 g/mol. The van der Waals surface area contributed by atoms with Gasteiger partial charge >= 0.3 is 0 Å². The highest BCUT2D eigenvalue weighted by Crippen LogP contribution is 2.33. The summed E-state index contributed by atoms with van der Waals surface area (Å²) in [7, 11) is 0. The Bertz CT molecular complexity index is 1010. The summed E-state index contributed by atoms with van der Waals surface area (Å²) < 4.78 is 1.05. The van der Waals surface area contributed by atoms with Crippen molar-refractivity contribution in [3.63, 3.8) is 0 Å². The highest BCUT2D eigenvalue weighted by Gasteiger charge is 2.15. The van der Waals surface area contributed by atoms with Gasteiger partial charge in [0.2, 0.25) is 0 Å². The third-order valence-corrected chi connectivity index (χ3v) is 4.75. The number of hydrogen-bond donors (Lipinski definition) is 1. The van der Waals surface area contributed by atoms with Crippen molar-refractivity contribution in [2.75, 3.05) is 0 Å². The zero-order valence-electron chi connectivity index (χ0n) is 13.2. The smallest absolute Gasteiger partial charge is 0.138 e. The number of imidazole rings is 1. The molecule has 3 aromatic carbocycles. The van der Waals surface area contributed by atoms with Crippen molar-refractivity contribution in [3.8, 4) is 33.9 Å². The Kier molecular flexibility index (Phi) is 4.43. The van der Waals surface area contributed by atoms with Crippen molar-refractivity contribution < 1.29 is 0 Å². The van der Waals surface area contributed by atoms with E-state index in [0.717, 1.165) is 38.4 Å². The normalized spacial score (nSPS) is 10.8. The molecule has 1 heterocycles. The van der Waals surface area contributed by atoms with Gasteiger partial charge in [-0.3, -0.25) is 0 Å². The van der Waals surface area contributed by atoms with Crippen LogP contribution in [0, 0.1) is 0 Å². The maximum absolute atomic E-state index is 6.15. The van der Waals surface area contributed by atoms with Gasteiger partial charge in [0.15, 0.2) is 0 Å². The van der Waals surface area contributed by atoms with E-state index in [0.29, 0.717) is 5.02 Å². The lowest BCUT2D eigenvalue weighted by atomic mass is 10.1. The largest absolute Gasteiger partial charge is 0.337 e. The molecule has 4 rings (SSSR count). The van der Waals surface area contributed by atoms with Crippen LogP contribution < -0.4 is 0 Å². The highest BCUT2D eigenvalue weighted by molar-refractivity contribution is 9.10. The average Bonchev–Trinajstić information content (AvgIpc) is 3.08. The van der Waals surface area contributed by atoms with E-state index in [9.17, 15) is 0 Å². The fraction of sp³-hybridized carbons (Fsp3) is 0. The molecule has 0 fully saturated rings. The predicted molar refractivity (Wildman–Crippen MR) is 108 cm³/mol. The van der Waals surface area contributed by atoms with E-state index in [1.807, 2.05) is 54.6 Å². The SMILES string of the molecule is Clc1cccc(-c2nc(-c3ccccc3)c(-c3ccc(Br)cc3)[nH]2)c1. The van der Waals surface area contributed by atoms with Crippen molar-refractivity contribution in [2.24, 2.45) is 0 Å². The minimum absolute atomic E-state index is 0.695. The minimum atomic E-state index is 0.695. The van der Waals surface area contributed by atoms with Gasteiger partial charge in [-0.25, -0.2) is 4.98 Å². The van der Waals surface area contributed by atoms with Crippen molar-refractivity contribution >= 4 is 27.5 Å². The fourth-order valence-corrected chi connectivity index (χ4v) is 3.23. The van der Waals surface area contributed by atoms with Crippen LogP contribution >= 0.6 is 27.5 Å². The molecule has 0 aliphatic carbocycles. The van der Waals surface area contributed by atoms with Gasteiger partial charge in [-0.15, -0.1) is 0 Å². The lowest BCUT2D eigenvalue weighted by Crippen LogP contribution is -1.83. The number of benzene rings is 3. The molecule has 0 atom stereocenters. The van der Waals surface area contributed by atoms with E-state index in [1.54, 1.807) is 0 Å². The molecule has 0 aliphatic heterocycles. The van der Waals surface area contributed by atoms with Crippen molar-refractivity contribution in [2.45, 2.75) is 0 Å². The van der Waals surface area contributed by atoms with Crippen molar-refractivity contribution in [3.05, 3.63) is 88.4 Å². The summed E-state index contributed by atoms with van der Waals surface area (Å²) in [6.45, 7) is 0. The van der Waals surface area contributed by atoms with Crippen molar-refractivity contribution in [1.29, 1.82) is 0 Å². The Balaban J connectivity index is 1.90. The van der Waals surface area contributed by atoms with Gasteiger partial charge in [0.25, 0.3) is 0 Å². The Morgan fingerprint density at radius 1 is 0.760 bits per heavy atom. The van der Waals surface area contributed by atoms with Gasteiger partial charge in [0.05, 0.1) is 11.4 Å². The van der Waals surface area contributed by atoms with Crippen LogP contribution in [0.15, 0.2) is 83.3 Å². The summed E-state index contributed by atoms with van der Waals surface area (Å²) in [5.41, 5.74) is 5.05. The van der Waals surface area contributed by atoms with E-state index in [4.69, 9.17) is 16.6 Å². The van der Waals surface area contributed by atoms with Gasteiger partial charge in [-0.2, -0.15) is 0 Å². The van der Waals surface area contributed by atoms with Crippen LogP contribution in [0.25, 0.3) is 33.9 Å². The Labute approximate surface area is 159 Å².